The normalized spacial score (nSPS) is 24.2. The summed E-state index contributed by atoms with van der Waals surface area (Å²) in [5.41, 5.74) is 1.24. The van der Waals surface area contributed by atoms with Crippen LogP contribution in [-0.4, -0.2) is 24.2 Å². The number of hydrogen-bond acceptors (Lipinski definition) is 3. The number of nitrogens with zero attached hydrogens (tertiary/aromatic N) is 1. The molecule has 0 amide bonds. The molecular formula is C13H20N2O. The van der Waals surface area contributed by atoms with E-state index in [1.807, 2.05) is 18.5 Å². The lowest BCUT2D eigenvalue weighted by molar-refractivity contribution is 0.177. The van der Waals surface area contributed by atoms with Gasteiger partial charge in [-0.3, -0.25) is 4.98 Å². The van der Waals surface area contributed by atoms with E-state index in [9.17, 15) is 0 Å². The number of pyridine rings is 1. The van der Waals surface area contributed by atoms with Crippen LogP contribution in [0.25, 0.3) is 0 Å². The Morgan fingerprint density at radius 2 is 2.38 bits per heavy atom. The number of nitrogens with one attached hydrogen (secondary N) is 1. The summed E-state index contributed by atoms with van der Waals surface area (Å²) in [5, 5.41) is 3.62. The summed E-state index contributed by atoms with van der Waals surface area (Å²) in [4.78, 5) is 4.15. The molecular weight excluding hydrogens is 200 g/mol. The van der Waals surface area contributed by atoms with Crippen LogP contribution >= 0.6 is 0 Å². The highest BCUT2D eigenvalue weighted by Gasteiger charge is 2.23. The van der Waals surface area contributed by atoms with Gasteiger partial charge < -0.3 is 10.1 Å². The van der Waals surface area contributed by atoms with Crippen molar-refractivity contribution in [2.45, 2.75) is 32.4 Å². The molecule has 3 nitrogen and oxygen atoms in total. The van der Waals surface area contributed by atoms with E-state index in [1.54, 1.807) is 0 Å². The third-order valence-electron chi connectivity index (χ3n) is 3.37. The van der Waals surface area contributed by atoms with E-state index in [1.165, 1.54) is 12.0 Å². The fourth-order valence-corrected chi connectivity index (χ4v) is 2.21. The first-order valence-corrected chi connectivity index (χ1v) is 6.01. The molecule has 0 saturated carbocycles. The molecule has 0 radical (unpaired) electrons. The minimum absolute atomic E-state index is 0.351. The van der Waals surface area contributed by atoms with Gasteiger partial charge in [-0.05, 0) is 37.8 Å². The summed E-state index contributed by atoms with van der Waals surface area (Å²) in [7, 11) is 0. The van der Waals surface area contributed by atoms with Crippen LogP contribution in [0.5, 0.6) is 0 Å². The van der Waals surface area contributed by atoms with E-state index in [2.05, 4.69) is 30.2 Å². The lowest BCUT2D eigenvalue weighted by Crippen LogP contribution is -2.35. The second kappa shape index (κ2) is 5.41. The van der Waals surface area contributed by atoms with Crippen LogP contribution in [0.3, 0.4) is 0 Å². The summed E-state index contributed by atoms with van der Waals surface area (Å²) < 4.78 is 5.41. The molecule has 1 N–H and O–H groups in total. The van der Waals surface area contributed by atoms with E-state index >= 15 is 0 Å². The molecule has 2 heterocycles. The zero-order valence-electron chi connectivity index (χ0n) is 10.0. The molecule has 1 saturated heterocycles. The van der Waals surface area contributed by atoms with Crippen molar-refractivity contribution in [3.8, 4) is 0 Å². The quantitative estimate of drug-likeness (QED) is 0.844. The summed E-state index contributed by atoms with van der Waals surface area (Å²) in [6.07, 6.45) is 4.91. The van der Waals surface area contributed by atoms with Gasteiger partial charge in [0.1, 0.15) is 0 Å². The van der Waals surface area contributed by atoms with E-state index in [-0.39, 0.29) is 0 Å². The third kappa shape index (κ3) is 2.80. The van der Waals surface area contributed by atoms with Gasteiger partial charge >= 0.3 is 0 Å². The summed E-state index contributed by atoms with van der Waals surface area (Å²) in [5.74, 6) is 0.652. The van der Waals surface area contributed by atoms with Gasteiger partial charge in [-0.2, -0.15) is 0 Å². The van der Waals surface area contributed by atoms with Gasteiger partial charge in [-0.1, -0.05) is 6.07 Å². The first-order valence-electron chi connectivity index (χ1n) is 6.01. The molecule has 1 fully saturated rings. The van der Waals surface area contributed by atoms with Crippen LogP contribution in [-0.2, 0) is 4.74 Å². The molecule has 1 aliphatic heterocycles. The molecule has 16 heavy (non-hydrogen) atoms. The molecule has 1 aromatic heterocycles. The number of hydrogen-bond donors (Lipinski definition) is 1. The topological polar surface area (TPSA) is 34.2 Å². The molecule has 1 aromatic rings. The van der Waals surface area contributed by atoms with Crippen molar-refractivity contribution in [3.63, 3.8) is 0 Å². The first-order chi connectivity index (χ1) is 7.77. The van der Waals surface area contributed by atoms with Gasteiger partial charge in [0.15, 0.2) is 0 Å². The molecule has 2 rings (SSSR count). The van der Waals surface area contributed by atoms with Gasteiger partial charge in [0.2, 0.25) is 0 Å². The third-order valence-corrected chi connectivity index (χ3v) is 3.37. The molecule has 0 bridgehead atoms. The first kappa shape index (κ1) is 11.6. The highest BCUT2D eigenvalue weighted by Crippen LogP contribution is 2.19. The SMILES string of the molecule is CC(N[C@H](C)c1cccnc1)C1CCOC1. The Bertz CT molecular complexity index is 309. The molecule has 3 heteroatoms. The van der Waals surface area contributed by atoms with Gasteiger partial charge in [0, 0.05) is 31.1 Å². The average Bonchev–Trinajstić information content (AvgIpc) is 2.83. The van der Waals surface area contributed by atoms with Crippen LogP contribution in [0.15, 0.2) is 24.5 Å². The summed E-state index contributed by atoms with van der Waals surface area (Å²) in [6, 6.07) is 4.95. The maximum atomic E-state index is 5.41. The minimum Gasteiger partial charge on any atom is -0.381 e. The van der Waals surface area contributed by atoms with Crippen molar-refractivity contribution in [2.75, 3.05) is 13.2 Å². The predicted octanol–water partition coefficient (Wildman–Crippen LogP) is 2.16. The molecule has 0 spiro atoms. The fourth-order valence-electron chi connectivity index (χ4n) is 2.21. The zero-order valence-corrected chi connectivity index (χ0v) is 10.0. The maximum absolute atomic E-state index is 5.41. The van der Waals surface area contributed by atoms with Crippen molar-refractivity contribution < 1.29 is 4.74 Å². The Kier molecular flexibility index (Phi) is 3.91. The van der Waals surface area contributed by atoms with Gasteiger partial charge in [0.05, 0.1) is 6.61 Å². The highest BCUT2D eigenvalue weighted by atomic mass is 16.5. The van der Waals surface area contributed by atoms with Crippen molar-refractivity contribution in [2.24, 2.45) is 5.92 Å². The maximum Gasteiger partial charge on any atom is 0.0509 e. The van der Waals surface area contributed by atoms with Crippen LogP contribution in [0.4, 0.5) is 0 Å². The number of aromatic nitrogens is 1. The highest BCUT2D eigenvalue weighted by molar-refractivity contribution is 5.13. The molecule has 3 atom stereocenters. The Balaban J connectivity index is 1.89. The van der Waals surface area contributed by atoms with Crippen LogP contribution in [0.2, 0.25) is 0 Å². The smallest absolute Gasteiger partial charge is 0.0509 e. The largest absolute Gasteiger partial charge is 0.381 e. The lowest BCUT2D eigenvalue weighted by atomic mass is 9.99. The molecule has 2 unspecified atom stereocenters. The summed E-state index contributed by atoms with van der Waals surface area (Å²) >= 11 is 0. The number of rotatable bonds is 4. The van der Waals surface area contributed by atoms with Crippen molar-refractivity contribution in [3.05, 3.63) is 30.1 Å². The molecule has 88 valence electrons. The zero-order chi connectivity index (χ0) is 11.4. The second-order valence-electron chi connectivity index (χ2n) is 4.59. The van der Waals surface area contributed by atoms with E-state index in [0.717, 1.165) is 13.2 Å². The van der Waals surface area contributed by atoms with E-state index < -0.39 is 0 Å². The van der Waals surface area contributed by atoms with Gasteiger partial charge in [-0.25, -0.2) is 0 Å². The van der Waals surface area contributed by atoms with Gasteiger partial charge in [0.25, 0.3) is 0 Å². The monoisotopic (exact) mass is 220 g/mol. The standard InChI is InChI=1S/C13H20N2O/c1-10(12-4-3-6-14-8-12)15-11(2)13-5-7-16-9-13/h3-4,6,8,10-11,13,15H,5,7,9H2,1-2H3/t10-,11?,13?/m1/s1. The lowest BCUT2D eigenvalue weighted by Gasteiger charge is -2.24. The summed E-state index contributed by atoms with van der Waals surface area (Å²) in [6.45, 7) is 6.24. The average molecular weight is 220 g/mol. The van der Waals surface area contributed by atoms with E-state index in [0.29, 0.717) is 18.0 Å². The number of ether oxygens (including phenoxy) is 1. The fraction of sp³-hybridized carbons (Fsp3) is 0.615. The molecule has 0 aromatic carbocycles. The van der Waals surface area contributed by atoms with E-state index in [4.69, 9.17) is 4.74 Å². The Morgan fingerprint density at radius 3 is 3.00 bits per heavy atom. The van der Waals surface area contributed by atoms with Crippen molar-refractivity contribution >= 4 is 0 Å². The van der Waals surface area contributed by atoms with Gasteiger partial charge in [-0.15, -0.1) is 0 Å². The second-order valence-corrected chi connectivity index (χ2v) is 4.59. The van der Waals surface area contributed by atoms with Crippen LogP contribution in [0, 0.1) is 5.92 Å². The Hall–Kier alpha value is -0.930. The van der Waals surface area contributed by atoms with Crippen LogP contribution in [0.1, 0.15) is 31.9 Å². The molecule has 1 aliphatic rings. The predicted molar refractivity (Wildman–Crippen MR) is 64.2 cm³/mol. The minimum atomic E-state index is 0.351. The van der Waals surface area contributed by atoms with Crippen molar-refractivity contribution in [1.29, 1.82) is 0 Å². The molecule has 0 aliphatic carbocycles. The Morgan fingerprint density at radius 1 is 1.50 bits per heavy atom. The Labute approximate surface area is 97.2 Å². The van der Waals surface area contributed by atoms with Crippen LogP contribution < -0.4 is 5.32 Å². The van der Waals surface area contributed by atoms with Crippen molar-refractivity contribution in [1.82, 2.24) is 10.3 Å².